The maximum absolute atomic E-state index is 5.76. The molecule has 2 heteroatoms. The molecular weight excluding hydrogens is 160 g/mol. The molecule has 0 radical (unpaired) electrons. The number of nitrogens with two attached hydrogens (primary N) is 1. The Morgan fingerprint density at radius 3 is 2.08 bits per heavy atom. The first-order chi connectivity index (χ1) is 5.88. The first kappa shape index (κ1) is 12.9. The lowest BCUT2D eigenvalue weighted by molar-refractivity contribution is 0.221. The molecule has 0 aliphatic carbocycles. The molecular formula is C11H26N2. The van der Waals surface area contributed by atoms with Gasteiger partial charge in [0, 0.05) is 0 Å². The highest BCUT2D eigenvalue weighted by molar-refractivity contribution is 4.74. The second kappa shape index (κ2) is 5.61. The van der Waals surface area contributed by atoms with Crippen molar-refractivity contribution in [2.24, 2.45) is 17.1 Å². The molecule has 1 unspecified atom stereocenters. The van der Waals surface area contributed by atoms with Crippen molar-refractivity contribution in [3.8, 4) is 0 Å². The van der Waals surface area contributed by atoms with Crippen LogP contribution in [0.15, 0.2) is 0 Å². The molecule has 0 bridgehead atoms. The van der Waals surface area contributed by atoms with Gasteiger partial charge in [0.15, 0.2) is 0 Å². The van der Waals surface area contributed by atoms with Gasteiger partial charge in [0.1, 0.15) is 0 Å². The van der Waals surface area contributed by atoms with E-state index in [1.807, 2.05) is 0 Å². The average Bonchev–Trinajstić information content (AvgIpc) is 1.95. The van der Waals surface area contributed by atoms with Crippen LogP contribution in [0.1, 0.15) is 33.6 Å². The summed E-state index contributed by atoms with van der Waals surface area (Å²) < 4.78 is 0. The SMILES string of the molecule is CN(C)CCCC(CN)C(C)(C)C. The molecule has 13 heavy (non-hydrogen) atoms. The molecule has 0 spiro atoms. The molecule has 80 valence electrons. The molecule has 0 rings (SSSR count). The smallest absolute Gasteiger partial charge is 0.00247 e. The fourth-order valence-corrected chi connectivity index (χ4v) is 1.56. The lowest BCUT2D eigenvalue weighted by atomic mass is 9.78. The molecule has 2 N–H and O–H groups in total. The molecule has 0 fully saturated rings. The van der Waals surface area contributed by atoms with Crippen LogP contribution >= 0.6 is 0 Å². The van der Waals surface area contributed by atoms with E-state index in [0.717, 1.165) is 6.54 Å². The zero-order valence-electron chi connectivity index (χ0n) is 9.93. The van der Waals surface area contributed by atoms with E-state index in [1.165, 1.54) is 19.4 Å². The Balaban J connectivity index is 3.73. The number of hydrogen-bond acceptors (Lipinski definition) is 2. The quantitative estimate of drug-likeness (QED) is 0.711. The molecule has 0 amide bonds. The van der Waals surface area contributed by atoms with E-state index in [1.54, 1.807) is 0 Å². The Morgan fingerprint density at radius 2 is 1.77 bits per heavy atom. The lowest BCUT2D eigenvalue weighted by Gasteiger charge is -2.30. The minimum absolute atomic E-state index is 0.362. The topological polar surface area (TPSA) is 29.3 Å². The molecule has 0 heterocycles. The van der Waals surface area contributed by atoms with Crippen LogP contribution in [0.2, 0.25) is 0 Å². The zero-order chi connectivity index (χ0) is 10.5. The molecule has 0 saturated carbocycles. The summed E-state index contributed by atoms with van der Waals surface area (Å²) in [7, 11) is 4.24. The van der Waals surface area contributed by atoms with E-state index in [-0.39, 0.29) is 0 Å². The summed E-state index contributed by atoms with van der Waals surface area (Å²) in [5.74, 6) is 0.660. The molecule has 0 aliphatic rings. The first-order valence-corrected chi connectivity index (χ1v) is 5.22. The van der Waals surface area contributed by atoms with Crippen molar-refractivity contribution in [1.29, 1.82) is 0 Å². The maximum atomic E-state index is 5.76. The van der Waals surface area contributed by atoms with E-state index >= 15 is 0 Å². The van der Waals surface area contributed by atoms with Crippen LogP contribution in [0.4, 0.5) is 0 Å². The highest BCUT2D eigenvalue weighted by Gasteiger charge is 2.22. The third-order valence-corrected chi connectivity index (χ3v) is 2.67. The van der Waals surface area contributed by atoms with Gasteiger partial charge in [-0.25, -0.2) is 0 Å². The normalized spacial score (nSPS) is 15.0. The minimum Gasteiger partial charge on any atom is -0.330 e. The van der Waals surface area contributed by atoms with Gasteiger partial charge >= 0.3 is 0 Å². The fourth-order valence-electron chi connectivity index (χ4n) is 1.56. The van der Waals surface area contributed by atoms with E-state index in [2.05, 4.69) is 39.8 Å². The standard InChI is InChI=1S/C11H26N2/c1-11(2,3)10(9-12)7-6-8-13(4)5/h10H,6-9,12H2,1-5H3. The predicted molar refractivity (Wildman–Crippen MR) is 59.8 cm³/mol. The van der Waals surface area contributed by atoms with Gasteiger partial charge in [-0.05, 0) is 51.4 Å². The third kappa shape index (κ3) is 6.05. The third-order valence-electron chi connectivity index (χ3n) is 2.67. The van der Waals surface area contributed by atoms with E-state index < -0.39 is 0 Å². The Kier molecular flexibility index (Phi) is 5.57. The van der Waals surface area contributed by atoms with E-state index in [9.17, 15) is 0 Å². The van der Waals surface area contributed by atoms with Gasteiger partial charge in [-0.3, -0.25) is 0 Å². The molecule has 0 saturated heterocycles. The molecule has 0 aromatic rings. The van der Waals surface area contributed by atoms with E-state index in [4.69, 9.17) is 5.73 Å². The van der Waals surface area contributed by atoms with Gasteiger partial charge in [-0.1, -0.05) is 20.8 Å². The highest BCUT2D eigenvalue weighted by Crippen LogP contribution is 2.28. The zero-order valence-corrected chi connectivity index (χ0v) is 9.93. The average molecular weight is 186 g/mol. The Labute approximate surface area is 83.5 Å². The predicted octanol–water partition coefficient (Wildman–Crippen LogP) is 1.95. The summed E-state index contributed by atoms with van der Waals surface area (Å²) in [5, 5.41) is 0. The van der Waals surface area contributed by atoms with Crippen LogP contribution in [0.25, 0.3) is 0 Å². The second-order valence-corrected chi connectivity index (χ2v) is 5.24. The summed E-state index contributed by atoms with van der Waals surface area (Å²) in [5.41, 5.74) is 6.12. The van der Waals surface area contributed by atoms with Gasteiger partial charge < -0.3 is 10.6 Å². The van der Waals surface area contributed by atoms with Crippen LogP contribution in [-0.2, 0) is 0 Å². The van der Waals surface area contributed by atoms with Crippen molar-refractivity contribution in [2.75, 3.05) is 27.2 Å². The van der Waals surface area contributed by atoms with Crippen molar-refractivity contribution in [3.05, 3.63) is 0 Å². The van der Waals surface area contributed by atoms with Gasteiger partial charge in [0.2, 0.25) is 0 Å². The molecule has 0 aromatic heterocycles. The Hall–Kier alpha value is -0.0800. The first-order valence-electron chi connectivity index (χ1n) is 5.22. The van der Waals surface area contributed by atoms with Crippen molar-refractivity contribution >= 4 is 0 Å². The van der Waals surface area contributed by atoms with E-state index in [0.29, 0.717) is 11.3 Å². The molecule has 2 nitrogen and oxygen atoms in total. The summed E-state index contributed by atoms with van der Waals surface area (Å²) in [4.78, 5) is 2.23. The lowest BCUT2D eigenvalue weighted by Crippen LogP contribution is -2.29. The van der Waals surface area contributed by atoms with Crippen LogP contribution in [0.3, 0.4) is 0 Å². The van der Waals surface area contributed by atoms with Crippen LogP contribution in [0.5, 0.6) is 0 Å². The Morgan fingerprint density at radius 1 is 1.23 bits per heavy atom. The minimum atomic E-state index is 0.362. The van der Waals surface area contributed by atoms with Crippen molar-refractivity contribution < 1.29 is 0 Å². The van der Waals surface area contributed by atoms with Crippen LogP contribution in [0, 0.1) is 11.3 Å². The molecule has 1 atom stereocenters. The van der Waals surface area contributed by atoms with Gasteiger partial charge in [-0.2, -0.15) is 0 Å². The number of hydrogen-bond donors (Lipinski definition) is 1. The monoisotopic (exact) mass is 186 g/mol. The van der Waals surface area contributed by atoms with Gasteiger partial charge in [0.25, 0.3) is 0 Å². The van der Waals surface area contributed by atoms with Crippen LogP contribution in [-0.4, -0.2) is 32.1 Å². The van der Waals surface area contributed by atoms with Crippen molar-refractivity contribution in [3.63, 3.8) is 0 Å². The van der Waals surface area contributed by atoms with Gasteiger partial charge in [0.05, 0.1) is 0 Å². The highest BCUT2D eigenvalue weighted by atomic mass is 15.0. The molecule has 0 aliphatic heterocycles. The molecule has 0 aromatic carbocycles. The fraction of sp³-hybridized carbons (Fsp3) is 1.00. The Bertz CT molecular complexity index is 125. The summed E-state index contributed by atoms with van der Waals surface area (Å²) >= 11 is 0. The largest absolute Gasteiger partial charge is 0.330 e. The number of nitrogens with zero attached hydrogens (tertiary/aromatic N) is 1. The summed E-state index contributed by atoms with van der Waals surface area (Å²) in [6.45, 7) is 8.82. The van der Waals surface area contributed by atoms with Crippen molar-refractivity contribution in [1.82, 2.24) is 4.90 Å². The second-order valence-electron chi connectivity index (χ2n) is 5.24. The van der Waals surface area contributed by atoms with Crippen molar-refractivity contribution in [2.45, 2.75) is 33.6 Å². The van der Waals surface area contributed by atoms with Gasteiger partial charge in [-0.15, -0.1) is 0 Å². The number of rotatable bonds is 5. The maximum Gasteiger partial charge on any atom is -0.00247 e. The summed E-state index contributed by atoms with van der Waals surface area (Å²) in [6.07, 6.45) is 2.50. The van der Waals surface area contributed by atoms with Crippen LogP contribution < -0.4 is 5.73 Å². The summed E-state index contributed by atoms with van der Waals surface area (Å²) in [6, 6.07) is 0.